The molecule has 128 valence electrons. The van der Waals surface area contributed by atoms with E-state index in [4.69, 9.17) is 16.3 Å². The molecule has 5 heteroatoms. The van der Waals surface area contributed by atoms with E-state index in [1.807, 2.05) is 12.1 Å². The normalized spacial score (nSPS) is 23.6. The average Bonchev–Trinajstić information content (AvgIpc) is 3.10. The molecule has 25 heavy (non-hydrogen) atoms. The lowest BCUT2D eigenvalue weighted by molar-refractivity contribution is 0.0598. The molecule has 1 aliphatic carbocycles. The minimum absolute atomic E-state index is 0.135. The van der Waals surface area contributed by atoms with Crippen molar-refractivity contribution < 1.29 is 9.53 Å². The molecule has 1 N–H and O–H groups in total. The smallest absolute Gasteiger partial charge is 0.338 e. The van der Waals surface area contributed by atoms with Gasteiger partial charge in [-0.3, -0.25) is 0 Å². The molecule has 2 aliphatic rings. The molecular weight excluding hydrogens is 402 g/mol. The third-order valence-electron chi connectivity index (χ3n) is 5.08. The van der Waals surface area contributed by atoms with Gasteiger partial charge in [-0.05, 0) is 47.7 Å². The summed E-state index contributed by atoms with van der Waals surface area (Å²) in [5, 5.41) is 4.23. The number of hydrogen-bond acceptors (Lipinski definition) is 3. The molecule has 0 radical (unpaired) electrons. The summed E-state index contributed by atoms with van der Waals surface area (Å²) in [5.41, 5.74) is 3.58. The number of nitrogens with one attached hydrogen (secondary N) is 1. The van der Waals surface area contributed by atoms with Crippen molar-refractivity contribution in [2.45, 2.75) is 18.4 Å². The highest BCUT2D eigenvalue weighted by atomic mass is 79.9. The minimum atomic E-state index is -0.324. The molecule has 0 aromatic heterocycles. The fraction of sp³-hybridized carbons (Fsp3) is 0.250. The molecule has 3 atom stereocenters. The van der Waals surface area contributed by atoms with E-state index >= 15 is 0 Å². The van der Waals surface area contributed by atoms with Crippen LogP contribution >= 0.6 is 27.5 Å². The standard InChI is InChI=1S/C20H17BrClNO2/c1-25-20(24)15-8-9-16(22)19-17(15)13-6-3-7-14(13)18(23-19)11-4-2-5-12(21)10-11/h2-6,8-10,13-14,18,23H,7H2,1H3/t13-,14-,18-/m1/s1. The van der Waals surface area contributed by atoms with Crippen LogP contribution in [0.1, 0.15) is 39.9 Å². The second-order valence-corrected chi connectivity index (χ2v) is 7.73. The second kappa shape index (κ2) is 6.50. The molecule has 2 aromatic rings. The highest BCUT2D eigenvalue weighted by molar-refractivity contribution is 9.10. The van der Waals surface area contributed by atoms with Crippen LogP contribution in [0.2, 0.25) is 5.02 Å². The zero-order valence-corrected chi connectivity index (χ0v) is 16.0. The van der Waals surface area contributed by atoms with Crippen molar-refractivity contribution in [1.82, 2.24) is 0 Å². The number of ether oxygens (including phenoxy) is 1. The van der Waals surface area contributed by atoms with Crippen molar-refractivity contribution in [2.75, 3.05) is 12.4 Å². The number of rotatable bonds is 2. The van der Waals surface area contributed by atoms with Gasteiger partial charge in [0.1, 0.15) is 0 Å². The lowest BCUT2D eigenvalue weighted by Gasteiger charge is -2.38. The SMILES string of the molecule is COC(=O)c1ccc(Cl)c2c1[C@@H]1C=CC[C@H]1[C@@H](c1cccc(Br)c1)N2. The van der Waals surface area contributed by atoms with Crippen LogP contribution in [-0.2, 0) is 4.74 Å². The minimum Gasteiger partial charge on any atom is -0.465 e. The number of hydrogen-bond donors (Lipinski definition) is 1. The summed E-state index contributed by atoms with van der Waals surface area (Å²) >= 11 is 10.0. The maximum Gasteiger partial charge on any atom is 0.338 e. The first-order chi connectivity index (χ1) is 12.1. The van der Waals surface area contributed by atoms with E-state index in [0.717, 1.165) is 22.1 Å². The van der Waals surface area contributed by atoms with Crippen LogP contribution in [0.3, 0.4) is 0 Å². The summed E-state index contributed by atoms with van der Waals surface area (Å²) < 4.78 is 6.03. The van der Waals surface area contributed by atoms with Gasteiger partial charge in [0.25, 0.3) is 0 Å². The first-order valence-corrected chi connectivity index (χ1v) is 9.36. The molecule has 0 fully saturated rings. The van der Waals surface area contributed by atoms with E-state index in [1.165, 1.54) is 12.7 Å². The molecule has 0 spiro atoms. The number of halogens is 2. The number of esters is 1. The summed E-state index contributed by atoms with van der Waals surface area (Å²) in [6.07, 6.45) is 5.35. The van der Waals surface area contributed by atoms with Crippen LogP contribution in [0.5, 0.6) is 0 Å². The highest BCUT2D eigenvalue weighted by Crippen LogP contribution is 2.52. The van der Waals surface area contributed by atoms with Gasteiger partial charge in [-0.15, -0.1) is 0 Å². The fourth-order valence-electron chi connectivity index (χ4n) is 3.99. The maximum atomic E-state index is 12.3. The Morgan fingerprint density at radius 1 is 1.32 bits per heavy atom. The molecule has 1 aliphatic heterocycles. The van der Waals surface area contributed by atoms with Gasteiger partial charge in [0, 0.05) is 10.4 Å². The van der Waals surface area contributed by atoms with Gasteiger partial charge in [-0.1, -0.05) is 51.8 Å². The molecule has 1 heterocycles. The number of anilines is 1. The van der Waals surface area contributed by atoms with Crippen LogP contribution in [0, 0.1) is 5.92 Å². The molecule has 0 saturated heterocycles. The Balaban J connectivity index is 1.87. The number of benzene rings is 2. The molecule has 4 rings (SSSR count). The van der Waals surface area contributed by atoms with Gasteiger partial charge in [0.15, 0.2) is 0 Å². The Bertz CT molecular complexity index is 880. The number of methoxy groups -OCH3 is 1. The molecule has 0 unspecified atom stereocenters. The van der Waals surface area contributed by atoms with Crippen molar-refractivity contribution in [1.29, 1.82) is 0 Å². The Kier molecular flexibility index (Phi) is 4.34. The van der Waals surface area contributed by atoms with E-state index in [9.17, 15) is 4.79 Å². The molecular formula is C20H17BrClNO2. The first-order valence-electron chi connectivity index (χ1n) is 8.19. The maximum absolute atomic E-state index is 12.3. The van der Waals surface area contributed by atoms with Crippen molar-refractivity contribution in [2.24, 2.45) is 5.92 Å². The predicted octanol–water partition coefficient (Wildman–Crippen LogP) is 5.72. The third kappa shape index (κ3) is 2.77. The first kappa shape index (κ1) is 16.7. The van der Waals surface area contributed by atoms with Crippen molar-refractivity contribution >= 4 is 39.2 Å². The Morgan fingerprint density at radius 3 is 2.92 bits per heavy atom. The summed E-state index contributed by atoms with van der Waals surface area (Å²) in [4.78, 5) is 12.3. The average molecular weight is 419 g/mol. The molecule has 2 aromatic carbocycles. The predicted molar refractivity (Wildman–Crippen MR) is 103 cm³/mol. The Morgan fingerprint density at radius 2 is 2.16 bits per heavy atom. The van der Waals surface area contributed by atoms with Crippen molar-refractivity contribution in [3.8, 4) is 0 Å². The highest BCUT2D eigenvalue weighted by Gasteiger charge is 2.41. The largest absolute Gasteiger partial charge is 0.465 e. The fourth-order valence-corrected chi connectivity index (χ4v) is 4.63. The van der Waals surface area contributed by atoms with Gasteiger partial charge in [0.2, 0.25) is 0 Å². The summed E-state index contributed by atoms with van der Waals surface area (Å²) in [7, 11) is 1.41. The molecule has 0 amide bonds. The lowest BCUT2D eigenvalue weighted by Crippen LogP contribution is -2.30. The van der Waals surface area contributed by atoms with Crippen molar-refractivity contribution in [3.63, 3.8) is 0 Å². The number of carbonyl (C=O) groups is 1. The summed E-state index contributed by atoms with van der Waals surface area (Å²) in [6.45, 7) is 0. The molecule has 3 nitrogen and oxygen atoms in total. The zero-order chi connectivity index (χ0) is 17.6. The van der Waals surface area contributed by atoms with E-state index in [1.54, 1.807) is 12.1 Å². The molecule has 0 saturated carbocycles. The number of carbonyl (C=O) groups excluding carboxylic acids is 1. The zero-order valence-electron chi connectivity index (χ0n) is 13.6. The van der Waals surface area contributed by atoms with Crippen LogP contribution in [0.25, 0.3) is 0 Å². The Hall–Kier alpha value is -1.78. The number of fused-ring (bicyclic) bond motifs is 3. The third-order valence-corrected chi connectivity index (χ3v) is 5.89. The van der Waals surface area contributed by atoms with Crippen LogP contribution in [-0.4, -0.2) is 13.1 Å². The van der Waals surface area contributed by atoms with Crippen molar-refractivity contribution in [3.05, 3.63) is 74.7 Å². The number of allylic oxidation sites excluding steroid dienone is 2. The molecule has 0 bridgehead atoms. The van der Waals surface area contributed by atoms with Gasteiger partial charge in [0.05, 0.1) is 29.4 Å². The van der Waals surface area contributed by atoms with Gasteiger partial charge in [-0.2, -0.15) is 0 Å². The van der Waals surface area contributed by atoms with Crippen LogP contribution < -0.4 is 5.32 Å². The van der Waals surface area contributed by atoms with Crippen LogP contribution in [0.4, 0.5) is 5.69 Å². The van der Waals surface area contributed by atoms with Gasteiger partial charge < -0.3 is 10.1 Å². The monoisotopic (exact) mass is 417 g/mol. The van der Waals surface area contributed by atoms with E-state index < -0.39 is 0 Å². The van der Waals surface area contributed by atoms with Gasteiger partial charge >= 0.3 is 5.97 Å². The topological polar surface area (TPSA) is 38.3 Å². The quantitative estimate of drug-likeness (QED) is 0.501. The summed E-state index contributed by atoms with van der Waals surface area (Å²) in [6, 6.07) is 12.0. The summed E-state index contributed by atoms with van der Waals surface area (Å²) in [5.74, 6) is 0.159. The Labute approximate surface area is 160 Å². The van der Waals surface area contributed by atoms with E-state index in [2.05, 4.69) is 45.5 Å². The second-order valence-electron chi connectivity index (χ2n) is 6.41. The lowest BCUT2D eigenvalue weighted by atomic mass is 9.75. The van der Waals surface area contributed by atoms with Crippen LogP contribution in [0.15, 0.2) is 53.0 Å². The van der Waals surface area contributed by atoms with E-state index in [0.29, 0.717) is 16.5 Å². The van der Waals surface area contributed by atoms with E-state index in [-0.39, 0.29) is 17.9 Å². The van der Waals surface area contributed by atoms with Gasteiger partial charge in [-0.25, -0.2) is 4.79 Å².